The lowest BCUT2D eigenvalue weighted by Crippen LogP contribution is -2.36. The second-order valence-corrected chi connectivity index (χ2v) is 5.88. The molecule has 26 heavy (non-hydrogen) atoms. The first-order valence-electron chi connectivity index (χ1n) is 8.59. The Kier molecular flexibility index (Phi) is 7.14. The maximum Gasteiger partial charge on any atom is 0.200 e. The minimum absolute atomic E-state index is 0.00728. The van der Waals surface area contributed by atoms with E-state index in [1.54, 1.807) is 12.1 Å². The molecule has 0 unspecified atom stereocenters. The van der Waals surface area contributed by atoms with Crippen LogP contribution in [0.1, 0.15) is 23.6 Å². The van der Waals surface area contributed by atoms with Gasteiger partial charge in [0, 0.05) is 13.1 Å². The van der Waals surface area contributed by atoms with Crippen molar-refractivity contribution in [3.05, 3.63) is 53.1 Å². The largest absolute Gasteiger partial charge is 0.502 e. The average molecular weight is 357 g/mol. The number of aromatic hydroxyl groups is 1. The number of rotatable bonds is 7. The first-order valence-corrected chi connectivity index (χ1v) is 8.59. The van der Waals surface area contributed by atoms with Gasteiger partial charge < -0.3 is 25.2 Å². The summed E-state index contributed by atoms with van der Waals surface area (Å²) >= 11 is 0. The molecule has 0 aliphatic heterocycles. The van der Waals surface area contributed by atoms with Crippen LogP contribution in [-0.4, -0.2) is 31.8 Å². The molecule has 2 aromatic rings. The number of aryl methyl sites for hydroxylation is 1. The number of guanidine groups is 1. The molecule has 0 radical (unpaired) electrons. The number of hydrogen-bond donors (Lipinski definition) is 3. The van der Waals surface area contributed by atoms with Gasteiger partial charge in [-0.25, -0.2) is 4.99 Å². The van der Waals surface area contributed by atoms with Gasteiger partial charge in [0.15, 0.2) is 17.5 Å². The van der Waals surface area contributed by atoms with Crippen molar-refractivity contribution in [2.45, 2.75) is 26.9 Å². The van der Waals surface area contributed by atoms with E-state index in [2.05, 4.69) is 46.8 Å². The van der Waals surface area contributed by atoms with E-state index in [0.29, 0.717) is 24.6 Å². The molecule has 0 spiro atoms. The molecule has 0 aromatic heterocycles. The van der Waals surface area contributed by atoms with Crippen LogP contribution in [0.2, 0.25) is 0 Å². The van der Waals surface area contributed by atoms with E-state index in [1.165, 1.54) is 25.3 Å². The molecular formula is C20H27N3O3. The second kappa shape index (κ2) is 9.56. The summed E-state index contributed by atoms with van der Waals surface area (Å²) in [5.74, 6) is 1.45. The standard InChI is InChI=1S/C20H27N3O3/c1-5-21-20(22-12-15-8-6-14(2)7-9-15)23-13-16-10-17(25-3)19(24)18(11-16)26-4/h6-11,24H,5,12-13H2,1-4H3,(H2,21,22,23). The van der Waals surface area contributed by atoms with E-state index in [0.717, 1.165) is 18.1 Å². The van der Waals surface area contributed by atoms with Crippen molar-refractivity contribution in [3.8, 4) is 17.2 Å². The summed E-state index contributed by atoms with van der Waals surface area (Å²) in [6.07, 6.45) is 0. The molecule has 0 aliphatic carbocycles. The first-order chi connectivity index (χ1) is 12.6. The lowest BCUT2D eigenvalue weighted by molar-refractivity contribution is 0.339. The zero-order valence-corrected chi connectivity index (χ0v) is 15.8. The number of nitrogens with one attached hydrogen (secondary N) is 2. The normalized spacial score (nSPS) is 11.2. The van der Waals surface area contributed by atoms with Crippen LogP contribution in [0.3, 0.4) is 0 Å². The molecular weight excluding hydrogens is 330 g/mol. The molecule has 0 aliphatic rings. The smallest absolute Gasteiger partial charge is 0.200 e. The number of benzene rings is 2. The molecule has 0 amide bonds. The Morgan fingerprint density at radius 2 is 1.62 bits per heavy atom. The Balaban J connectivity index is 2.09. The van der Waals surface area contributed by atoms with Gasteiger partial charge in [-0.1, -0.05) is 29.8 Å². The lowest BCUT2D eigenvalue weighted by Gasteiger charge is -2.13. The van der Waals surface area contributed by atoms with Crippen molar-refractivity contribution in [2.75, 3.05) is 20.8 Å². The summed E-state index contributed by atoms with van der Waals surface area (Å²) in [5, 5.41) is 16.5. The van der Waals surface area contributed by atoms with Crippen molar-refractivity contribution >= 4 is 5.96 Å². The molecule has 0 atom stereocenters. The lowest BCUT2D eigenvalue weighted by atomic mass is 10.1. The second-order valence-electron chi connectivity index (χ2n) is 5.88. The van der Waals surface area contributed by atoms with Gasteiger partial charge in [-0.2, -0.15) is 0 Å². The monoisotopic (exact) mass is 357 g/mol. The van der Waals surface area contributed by atoms with E-state index in [9.17, 15) is 5.11 Å². The van der Waals surface area contributed by atoms with Crippen LogP contribution < -0.4 is 20.1 Å². The van der Waals surface area contributed by atoms with Crippen LogP contribution in [0, 0.1) is 6.92 Å². The van der Waals surface area contributed by atoms with Crippen LogP contribution >= 0.6 is 0 Å². The van der Waals surface area contributed by atoms with Gasteiger partial charge in [0.25, 0.3) is 0 Å². The molecule has 0 heterocycles. The topological polar surface area (TPSA) is 75.1 Å². The molecule has 6 nitrogen and oxygen atoms in total. The number of ether oxygens (including phenoxy) is 2. The highest BCUT2D eigenvalue weighted by molar-refractivity contribution is 5.79. The zero-order valence-electron chi connectivity index (χ0n) is 15.8. The fourth-order valence-electron chi connectivity index (χ4n) is 2.44. The third-order valence-electron chi connectivity index (χ3n) is 3.88. The third kappa shape index (κ3) is 5.31. The molecule has 3 N–H and O–H groups in total. The molecule has 2 aromatic carbocycles. The predicted molar refractivity (Wildman–Crippen MR) is 104 cm³/mol. The van der Waals surface area contributed by atoms with Gasteiger partial charge >= 0.3 is 0 Å². The number of nitrogens with zero attached hydrogens (tertiary/aromatic N) is 1. The Bertz CT molecular complexity index is 717. The van der Waals surface area contributed by atoms with E-state index in [1.807, 2.05) is 6.92 Å². The molecule has 0 fully saturated rings. The number of methoxy groups -OCH3 is 2. The van der Waals surface area contributed by atoms with Crippen LogP contribution in [0.4, 0.5) is 0 Å². The number of phenols is 1. The van der Waals surface area contributed by atoms with Gasteiger partial charge in [0.1, 0.15) is 0 Å². The van der Waals surface area contributed by atoms with Crippen LogP contribution in [0.15, 0.2) is 41.4 Å². The minimum Gasteiger partial charge on any atom is -0.502 e. The zero-order chi connectivity index (χ0) is 18.9. The maximum absolute atomic E-state index is 9.99. The average Bonchev–Trinajstić information content (AvgIpc) is 2.66. The fraction of sp³-hybridized carbons (Fsp3) is 0.350. The predicted octanol–water partition coefficient (Wildman–Crippen LogP) is 2.97. The molecule has 140 valence electrons. The van der Waals surface area contributed by atoms with Crippen molar-refractivity contribution in [1.82, 2.24) is 10.6 Å². The third-order valence-corrected chi connectivity index (χ3v) is 3.88. The molecule has 2 rings (SSSR count). The van der Waals surface area contributed by atoms with Crippen molar-refractivity contribution in [2.24, 2.45) is 4.99 Å². The summed E-state index contributed by atoms with van der Waals surface area (Å²) in [6, 6.07) is 11.9. The van der Waals surface area contributed by atoms with Crippen molar-refractivity contribution < 1.29 is 14.6 Å². The Morgan fingerprint density at radius 1 is 1.00 bits per heavy atom. The summed E-state index contributed by atoms with van der Waals surface area (Å²) in [7, 11) is 3.02. The highest BCUT2D eigenvalue weighted by Crippen LogP contribution is 2.37. The summed E-state index contributed by atoms with van der Waals surface area (Å²) in [5.41, 5.74) is 3.31. The SMILES string of the molecule is CCNC(=NCc1cc(OC)c(O)c(OC)c1)NCc1ccc(C)cc1. The molecule has 0 bridgehead atoms. The van der Waals surface area contributed by atoms with E-state index >= 15 is 0 Å². The Morgan fingerprint density at radius 3 is 2.15 bits per heavy atom. The van der Waals surface area contributed by atoms with Crippen LogP contribution in [0.25, 0.3) is 0 Å². The van der Waals surface area contributed by atoms with Gasteiger partial charge in [-0.3, -0.25) is 0 Å². The molecule has 6 heteroatoms. The van der Waals surface area contributed by atoms with Gasteiger partial charge in [0.2, 0.25) is 5.75 Å². The maximum atomic E-state index is 9.99. The van der Waals surface area contributed by atoms with Gasteiger partial charge in [-0.15, -0.1) is 0 Å². The van der Waals surface area contributed by atoms with Crippen LogP contribution in [-0.2, 0) is 13.1 Å². The number of hydrogen-bond acceptors (Lipinski definition) is 4. The van der Waals surface area contributed by atoms with Crippen molar-refractivity contribution in [1.29, 1.82) is 0 Å². The van der Waals surface area contributed by atoms with E-state index in [4.69, 9.17) is 9.47 Å². The van der Waals surface area contributed by atoms with Gasteiger partial charge in [-0.05, 0) is 37.1 Å². The summed E-state index contributed by atoms with van der Waals surface area (Å²) in [4.78, 5) is 4.60. The van der Waals surface area contributed by atoms with Crippen molar-refractivity contribution in [3.63, 3.8) is 0 Å². The van der Waals surface area contributed by atoms with E-state index < -0.39 is 0 Å². The minimum atomic E-state index is -0.00728. The van der Waals surface area contributed by atoms with Crippen LogP contribution in [0.5, 0.6) is 17.2 Å². The fourth-order valence-corrected chi connectivity index (χ4v) is 2.44. The Hall–Kier alpha value is -2.89. The number of phenolic OH excluding ortho intramolecular Hbond substituents is 1. The molecule has 0 saturated heterocycles. The summed E-state index contributed by atoms with van der Waals surface area (Å²) in [6.45, 7) is 5.98. The molecule has 0 saturated carbocycles. The highest BCUT2D eigenvalue weighted by atomic mass is 16.5. The Labute approximate surface area is 154 Å². The highest BCUT2D eigenvalue weighted by Gasteiger charge is 2.11. The number of aliphatic imine (C=N–C) groups is 1. The summed E-state index contributed by atoms with van der Waals surface area (Å²) < 4.78 is 10.4. The van der Waals surface area contributed by atoms with E-state index in [-0.39, 0.29) is 5.75 Å². The quantitative estimate of drug-likeness (QED) is 0.525. The van der Waals surface area contributed by atoms with Gasteiger partial charge in [0.05, 0.1) is 20.8 Å². The first kappa shape index (κ1) is 19.4.